The Morgan fingerprint density at radius 2 is 1.93 bits per heavy atom. The number of rotatable bonds is 7. The molecule has 0 saturated carbocycles. The maximum absolute atomic E-state index is 11.9. The van der Waals surface area contributed by atoms with Gasteiger partial charge in [0.05, 0.1) is 7.11 Å². The van der Waals surface area contributed by atoms with E-state index in [4.69, 9.17) is 9.47 Å². The van der Waals surface area contributed by atoms with E-state index in [-0.39, 0.29) is 35.1 Å². The summed E-state index contributed by atoms with van der Waals surface area (Å²) in [6.07, 6.45) is 11.3. The minimum atomic E-state index is -0.416. The first-order valence-electron chi connectivity index (χ1n) is 9.33. The molecule has 27 heavy (non-hydrogen) atoms. The highest BCUT2D eigenvalue weighted by Gasteiger charge is 2.26. The summed E-state index contributed by atoms with van der Waals surface area (Å²) < 4.78 is 10.4. The van der Waals surface area contributed by atoms with E-state index in [1.807, 2.05) is 32.9 Å². The smallest absolute Gasteiger partial charge is 0.373 e. The molecule has 0 aromatic carbocycles. The van der Waals surface area contributed by atoms with Crippen molar-refractivity contribution in [2.24, 2.45) is 11.3 Å². The molecule has 0 spiro atoms. The molecule has 150 valence electrons. The van der Waals surface area contributed by atoms with Crippen LogP contribution in [0.3, 0.4) is 0 Å². The van der Waals surface area contributed by atoms with Gasteiger partial charge in [0, 0.05) is 24.5 Å². The normalized spacial score (nSPS) is 21.0. The number of methoxy groups -OCH3 is 1. The molecular weight excluding hydrogens is 342 g/mol. The van der Waals surface area contributed by atoms with E-state index in [1.54, 1.807) is 12.2 Å². The fourth-order valence-corrected chi connectivity index (χ4v) is 2.44. The van der Waals surface area contributed by atoms with Gasteiger partial charge in [-0.25, -0.2) is 4.79 Å². The lowest BCUT2D eigenvalue weighted by atomic mass is 9.88. The second-order valence-electron chi connectivity index (χ2n) is 8.04. The zero-order valence-electron chi connectivity index (χ0n) is 17.5. The summed E-state index contributed by atoms with van der Waals surface area (Å²) in [4.78, 5) is 23.6. The van der Waals surface area contributed by atoms with E-state index in [0.717, 1.165) is 5.57 Å². The van der Waals surface area contributed by atoms with Crippen molar-refractivity contribution < 1.29 is 19.1 Å². The minimum Gasteiger partial charge on any atom is -0.490 e. The highest BCUT2D eigenvalue weighted by molar-refractivity contribution is 5.88. The summed E-state index contributed by atoms with van der Waals surface area (Å²) >= 11 is 0. The number of amides is 1. The predicted molar refractivity (Wildman–Crippen MR) is 108 cm³/mol. The number of ether oxygens (including phenoxy) is 2. The molecule has 1 rings (SSSR count). The van der Waals surface area contributed by atoms with Gasteiger partial charge in [-0.2, -0.15) is 0 Å². The second-order valence-corrected chi connectivity index (χ2v) is 8.04. The van der Waals surface area contributed by atoms with Crippen LogP contribution in [0.4, 0.5) is 0 Å². The summed E-state index contributed by atoms with van der Waals surface area (Å²) in [5.41, 5.74) is 1.06. The van der Waals surface area contributed by atoms with Crippen molar-refractivity contribution >= 4 is 11.9 Å². The lowest BCUT2D eigenvalue weighted by molar-refractivity contribution is -0.151. The molecule has 5 nitrogen and oxygen atoms in total. The second kappa shape index (κ2) is 10.1. The summed E-state index contributed by atoms with van der Waals surface area (Å²) in [6, 6.07) is 0.0898. The van der Waals surface area contributed by atoms with Gasteiger partial charge < -0.3 is 14.8 Å². The Morgan fingerprint density at radius 3 is 2.48 bits per heavy atom. The number of esters is 1. The van der Waals surface area contributed by atoms with Crippen LogP contribution in [0.1, 0.15) is 48.0 Å². The van der Waals surface area contributed by atoms with Crippen LogP contribution < -0.4 is 5.32 Å². The maximum atomic E-state index is 11.9. The lowest BCUT2D eigenvalue weighted by Crippen LogP contribution is -2.40. The van der Waals surface area contributed by atoms with E-state index in [0.29, 0.717) is 6.42 Å². The molecule has 0 saturated heterocycles. The summed E-state index contributed by atoms with van der Waals surface area (Å²) in [5.74, 6) is -0.177. The topological polar surface area (TPSA) is 64.6 Å². The fraction of sp³-hybridized carbons (Fsp3) is 0.545. The third-order valence-electron chi connectivity index (χ3n) is 4.70. The van der Waals surface area contributed by atoms with Crippen molar-refractivity contribution in [1.29, 1.82) is 0 Å². The first-order chi connectivity index (χ1) is 12.5. The molecule has 0 fully saturated rings. The fourth-order valence-electron chi connectivity index (χ4n) is 2.44. The van der Waals surface area contributed by atoms with Crippen molar-refractivity contribution in [2.75, 3.05) is 7.11 Å². The van der Waals surface area contributed by atoms with Gasteiger partial charge in [-0.3, -0.25) is 4.79 Å². The van der Waals surface area contributed by atoms with Gasteiger partial charge in [0.1, 0.15) is 6.10 Å². The van der Waals surface area contributed by atoms with Crippen LogP contribution in [-0.4, -0.2) is 31.1 Å². The third kappa shape index (κ3) is 7.85. The van der Waals surface area contributed by atoms with Gasteiger partial charge in [-0.15, -0.1) is 0 Å². The third-order valence-corrected chi connectivity index (χ3v) is 4.70. The van der Waals surface area contributed by atoms with Crippen molar-refractivity contribution in [3.8, 4) is 0 Å². The summed E-state index contributed by atoms with van der Waals surface area (Å²) in [7, 11) is 1.46. The molecule has 0 aliphatic carbocycles. The number of cyclic esters (lactones) is 1. The first kappa shape index (κ1) is 22.7. The minimum absolute atomic E-state index is 0.0244. The Balaban J connectivity index is 2.55. The zero-order chi connectivity index (χ0) is 20.6. The number of carbonyl (C=O) groups is 2. The monoisotopic (exact) mass is 375 g/mol. The molecular formula is C22H33NO4. The highest BCUT2D eigenvalue weighted by atomic mass is 16.6. The molecule has 1 aliphatic heterocycles. The van der Waals surface area contributed by atoms with E-state index in [9.17, 15) is 9.59 Å². The Bertz CT molecular complexity index is 650. The van der Waals surface area contributed by atoms with Gasteiger partial charge in [-0.05, 0) is 25.3 Å². The molecule has 3 unspecified atom stereocenters. The van der Waals surface area contributed by atoms with Crippen LogP contribution >= 0.6 is 0 Å². The van der Waals surface area contributed by atoms with Crippen LogP contribution in [0.5, 0.6) is 0 Å². The molecule has 0 radical (unpaired) electrons. The van der Waals surface area contributed by atoms with E-state index in [2.05, 4.69) is 32.2 Å². The van der Waals surface area contributed by atoms with E-state index in [1.165, 1.54) is 13.2 Å². The Labute approximate surface area is 163 Å². The largest absolute Gasteiger partial charge is 0.490 e. The SMILES string of the molecule is COC1=CCC(C(C)/C=C(C)/C=C/C=C\C(=O)NC(C)C(C)(C)C)OC1=O. The highest BCUT2D eigenvalue weighted by Crippen LogP contribution is 2.22. The number of allylic oxidation sites excluding steroid dienone is 4. The quantitative estimate of drug-likeness (QED) is 0.414. The van der Waals surface area contributed by atoms with E-state index >= 15 is 0 Å². The maximum Gasteiger partial charge on any atom is 0.373 e. The lowest BCUT2D eigenvalue weighted by Gasteiger charge is -2.27. The van der Waals surface area contributed by atoms with E-state index < -0.39 is 5.97 Å². The number of nitrogens with one attached hydrogen (secondary N) is 1. The van der Waals surface area contributed by atoms with Gasteiger partial charge in [0.2, 0.25) is 5.91 Å². The van der Waals surface area contributed by atoms with Crippen LogP contribution in [-0.2, 0) is 19.1 Å². The molecule has 1 aliphatic rings. The molecule has 3 atom stereocenters. The van der Waals surface area contributed by atoms with Crippen molar-refractivity contribution in [3.05, 3.63) is 47.8 Å². The van der Waals surface area contributed by atoms with Crippen molar-refractivity contribution in [1.82, 2.24) is 5.32 Å². The van der Waals surface area contributed by atoms with Crippen LogP contribution in [0.15, 0.2) is 47.8 Å². The summed E-state index contributed by atoms with van der Waals surface area (Å²) in [6.45, 7) is 12.3. The standard InChI is InChI=1S/C22H33NO4/c1-15(10-8-9-11-20(24)23-17(3)22(4,5)6)14-16(2)18-12-13-19(26-7)21(25)27-18/h8-11,13-14,16-18H,12H2,1-7H3,(H,23,24)/b10-8+,11-9-,15-14+. The predicted octanol–water partition coefficient (Wildman–Crippen LogP) is 4.08. The zero-order valence-corrected chi connectivity index (χ0v) is 17.5. The average Bonchev–Trinajstić information content (AvgIpc) is 2.57. The molecule has 5 heteroatoms. The molecule has 1 N–H and O–H groups in total. The molecule has 0 aromatic rings. The van der Waals surface area contributed by atoms with Crippen molar-refractivity contribution in [3.63, 3.8) is 0 Å². The number of hydrogen-bond donors (Lipinski definition) is 1. The number of hydrogen-bond acceptors (Lipinski definition) is 4. The van der Waals surface area contributed by atoms with Crippen molar-refractivity contribution in [2.45, 2.75) is 60.1 Å². The molecule has 0 bridgehead atoms. The van der Waals surface area contributed by atoms with Gasteiger partial charge in [-0.1, -0.05) is 57.6 Å². The Morgan fingerprint density at radius 1 is 1.30 bits per heavy atom. The van der Waals surface area contributed by atoms with Gasteiger partial charge in [0.25, 0.3) is 0 Å². The summed E-state index contributed by atoms with van der Waals surface area (Å²) in [5, 5.41) is 2.96. The van der Waals surface area contributed by atoms with Gasteiger partial charge >= 0.3 is 5.97 Å². The molecule has 1 amide bonds. The Hall–Kier alpha value is -2.30. The van der Waals surface area contributed by atoms with Gasteiger partial charge in [0.15, 0.2) is 5.76 Å². The number of carbonyl (C=O) groups excluding carboxylic acids is 2. The van der Waals surface area contributed by atoms with Crippen LogP contribution in [0, 0.1) is 11.3 Å². The Kier molecular flexibility index (Phi) is 8.54. The average molecular weight is 376 g/mol. The first-order valence-corrected chi connectivity index (χ1v) is 9.33. The molecule has 1 heterocycles. The van der Waals surface area contributed by atoms with Crippen LogP contribution in [0.2, 0.25) is 0 Å². The molecule has 0 aromatic heterocycles. The van der Waals surface area contributed by atoms with Crippen LogP contribution in [0.25, 0.3) is 0 Å².